The SMILES string of the molecule is Cc1cnc2nc(-c3ccc(N)cc3Cl)[nH]c2c1. The van der Waals surface area contributed by atoms with Gasteiger partial charge in [0.05, 0.1) is 10.5 Å². The van der Waals surface area contributed by atoms with Crippen molar-refractivity contribution in [2.45, 2.75) is 6.92 Å². The number of rotatable bonds is 1. The van der Waals surface area contributed by atoms with Gasteiger partial charge in [0.2, 0.25) is 0 Å². The fourth-order valence-electron chi connectivity index (χ4n) is 1.86. The summed E-state index contributed by atoms with van der Waals surface area (Å²) < 4.78 is 0. The molecule has 0 amide bonds. The van der Waals surface area contributed by atoms with Gasteiger partial charge in [-0.2, -0.15) is 0 Å². The number of nitrogens with one attached hydrogen (secondary N) is 1. The Morgan fingerprint density at radius 3 is 2.89 bits per heavy atom. The molecule has 0 radical (unpaired) electrons. The summed E-state index contributed by atoms with van der Waals surface area (Å²) >= 11 is 6.16. The molecule has 3 N–H and O–H groups in total. The van der Waals surface area contributed by atoms with Crippen molar-refractivity contribution >= 4 is 28.5 Å². The van der Waals surface area contributed by atoms with Gasteiger partial charge < -0.3 is 10.7 Å². The molecule has 0 spiro atoms. The van der Waals surface area contributed by atoms with E-state index in [-0.39, 0.29) is 0 Å². The summed E-state index contributed by atoms with van der Waals surface area (Å²) in [6.07, 6.45) is 1.79. The molecular weight excluding hydrogens is 248 g/mol. The van der Waals surface area contributed by atoms with Crippen LogP contribution in [0.5, 0.6) is 0 Å². The average Bonchev–Trinajstić information content (AvgIpc) is 2.71. The Balaban J connectivity index is 2.19. The van der Waals surface area contributed by atoms with E-state index in [4.69, 9.17) is 17.3 Å². The number of anilines is 1. The highest BCUT2D eigenvalue weighted by Crippen LogP contribution is 2.28. The smallest absolute Gasteiger partial charge is 0.178 e. The lowest BCUT2D eigenvalue weighted by Crippen LogP contribution is -1.87. The zero-order valence-corrected chi connectivity index (χ0v) is 10.5. The summed E-state index contributed by atoms with van der Waals surface area (Å²) in [5, 5.41) is 0.575. The van der Waals surface area contributed by atoms with Crippen LogP contribution < -0.4 is 5.73 Å². The minimum Gasteiger partial charge on any atom is -0.399 e. The van der Waals surface area contributed by atoms with E-state index in [1.54, 1.807) is 18.3 Å². The number of imidazole rings is 1. The number of aromatic nitrogens is 3. The molecule has 2 aromatic heterocycles. The number of halogens is 1. The lowest BCUT2D eigenvalue weighted by atomic mass is 10.2. The maximum atomic E-state index is 6.16. The maximum absolute atomic E-state index is 6.16. The quantitative estimate of drug-likeness (QED) is 0.659. The molecule has 2 heterocycles. The lowest BCUT2D eigenvalue weighted by molar-refractivity contribution is 1.28. The number of fused-ring (bicyclic) bond motifs is 1. The van der Waals surface area contributed by atoms with Gasteiger partial charge in [-0.3, -0.25) is 0 Å². The molecule has 0 atom stereocenters. The maximum Gasteiger partial charge on any atom is 0.178 e. The molecule has 3 rings (SSSR count). The number of H-pyrrole nitrogens is 1. The molecule has 0 saturated heterocycles. The standard InChI is InChI=1S/C13H11ClN4/c1-7-4-11-13(16-6-7)18-12(17-11)9-3-2-8(15)5-10(9)14/h2-6H,15H2,1H3,(H,16,17,18). The molecule has 0 unspecified atom stereocenters. The van der Waals surface area contributed by atoms with Gasteiger partial charge in [-0.25, -0.2) is 9.97 Å². The molecule has 0 aliphatic rings. The van der Waals surface area contributed by atoms with Crippen LogP contribution in [-0.2, 0) is 0 Å². The highest BCUT2D eigenvalue weighted by molar-refractivity contribution is 6.33. The zero-order chi connectivity index (χ0) is 12.7. The van der Waals surface area contributed by atoms with Gasteiger partial charge >= 0.3 is 0 Å². The molecule has 0 saturated carbocycles. The number of hydrogen-bond acceptors (Lipinski definition) is 3. The van der Waals surface area contributed by atoms with Gasteiger partial charge in [-0.05, 0) is 36.8 Å². The van der Waals surface area contributed by atoms with Crippen LogP contribution >= 0.6 is 11.6 Å². The molecule has 5 heteroatoms. The van der Waals surface area contributed by atoms with Gasteiger partial charge in [0.25, 0.3) is 0 Å². The molecular formula is C13H11ClN4. The van der Waals surface area contributed by atoms with E-state index in [1.165, 1.54) is 0 Å². The minimum absolute atomic E-state index is 0.575. The summed E-state index contributed by atoms with van der Waals surface area (Å²) in [4.78, 5) is 11.9. The monoisotopic (exact) mass is 258 g/mol. The number of nitrogens with zero attached hydrogens (tertiary/aromatic N) is 2. The fraction of sp³-hybridized carbons (Fsp3) is 0.0769. The number of hydrogen-bond donors (Lipinski definition) is 2. The third-order valence-electron chi connectivity index (χ3n) is 2.72. The average molecular weight is 259 g/mol. The number of nitrogen functional groups attached to an aromatic ring is 1. The molecule has 0 fully saturated rings. The molecule has 1 aromatic carbocycles. The zero-order valence-electron chi connectivity index (χ0n) is 9.74. The van der Waals surface area contributed by atoms with Crippen LogP contribution in [0, 0.1) is 6.92 Å². The molecule has 4 nitrogen and oxygen atoms in total. The van der Waals surface area contributed by atoms with Crippen LogP contribution in [0.4, 0.5) is 5.69 Å². The highest BCUT2D eigenvalue weighted by atomic mass is 35.5. The van der Waals surface area contributed by atoms with Crippen molar-refractivity contribution in [3.8, 4) is 11.4 Å². The Morgan fingerprint density at radius 2 is 2.11 bits per heavy atom. The number of pyridine rings is 1. The van der Waals surface area contributed by atoms with Crippen LogP contribution in [0.2, 0.25) is 5.02 Å². The predicted octanol–water partition coefficient (Wildman–Crippen LogP) is 3.17. The highest BCUT2D eigenvalue weighted by Gasteiger charge is 2.09. The summed E-state index contributed by atoms with van der Waals surface area (Å²) in [6.45, 7) is 1.99. The van der Waals surface area contributed by atoms with Crippen LogP contribution in [0.15, 0.2) is 30.5 Å². The molecule has 90 valence electrons. The second kappa shape index (κ2) is 3.99. The van der Waals surface area contributed by atoms with Crippen molar-refractivity contribution in [2.24, 2.45) is 0 Å². The summed E-state index contributed by atoms with van der Waals surface area (Å²) in [7, 11) is 0. The second-order valence-electron chi connectivity index (χ2n) is 4.21. The van der Waals surface area contributed by atoms with Crippen molar-refractivity contribution in [3.05, 3.63) is 41.0 Å². The number of nitrogens with two attached hydrogens (primary N) is 1. The summed E-state index contributed by atoms with van der Waals surface area (Å²) in [6, 6.07) is 7.36. The van der Waals surface area contributed by atoms with E-state index in [2.05, 4.69) is 15.0 Å². The van der Waals surface area contributed by atoms with E-state index < -0.39 is 0 Å². The minimum atomic E-state index is 0.575. The second-order valence-corrected chi connectivity index (χ2v) is 4.62. The third-order valence-corrected chi connectivity index (χ3v) is 3.04. The Morgan fingerprint density at radius 1 is 1.28 bits per heavy atom. The Bertz CT molecular complexity index is 733. The first-order chi connectivity index (χ1) is 8.63. The first kappa shape index (κ1) is 11.0. The van der Waals surface area contributed by atoms with Crippen LogP contribution in [0.25, 0.3) is 22.6 Å². The van der Waals surface area contributed by atoms with Crippen molar-refractivity contribution in [1.29, 1.82) is 0 Å². The van der Waals surface area contributed by atoms with Crippen molar-refractivity contribution in [1.82, 2.24) is 15.0 Å². The first-order valence-electron chi connectivity index (χ1n) is 5.51. The number of aromatic amines is 1. The first-order valence-corrected chi connectivity index (χ1v) is 5.89. The molecule has 18 heavy (non-hydrogen) atoms. The van der Waals surface area contributed by atoms with Crippen molar-refractivity contribution in [3.63, 3.8) is 0 Å². The topological polar surface area (TPSA) is 67.6 Å². The van der Waals surface area contributed by atoms with Gasteiger partial charge in [-0.15, -0.1) is 0 Å². The molecule has 3 aromatic rings. The van der Waals surface area contributed by atoms with Crippen LogP contribution in [-0.4, -0.2) is 15.0 Å². The van der Waals surface area contributed by atoms with Gasteiger partial charge in [0, 0.05) is 17.4 Å². The molecule has 0 aliphatic carbocycles. The fourth-order valence-corrected chi connectivity index (χ4v) is 2.13. The molecule has 0 bridgehead atoms. The van der Waals surface area contributed by atoms with Crippen LogP contribution in [0.3, 0.4) is 0 Å². The predicted molar refractivity (Wildman–Crippen MR) is 73.5 cm³/mol. The van der Waals surface area contributed by atoms with Gasteiger partial charge in [0.1, 0.15) is 5.82 Å². The third kappa shape index (κ3) is 1.80. The van der Waals surface area contributed by atoms with E-state index in [9.17, 15) is 0 Å². The summed E-state index contributed by atoms with van der Waals surface area (Å²) in [5.74, 6) is 0.702. The van der Waals surface area contributed by atoms with E-state index in [0.717, 1.165) is 16.6 Å². The number of aryl methyl sites for hydroxylation is 1. The van der Waals surface area contributed by atoms with E-state index >= 15 is 0 Å². The van der Waals surface area contributed by atoms with Gasteiger partial charge in [0.15, 0.2) is 5.65 Å². The lowest BCUT2D eigenvalue weighted by Gasteiger charge is -2.01. The molecule has 0 aliphatic heterocycles. The van der Waals surface area contributed by atoms with E-state index in [1.807, 2.05) is 19.1 Å². The Kier molecular flexibility index (Phi) is 2.45. The Labute approximate surface area is 109 Å². The van der Waals surface area contributed by atoms with Crippen molar-refractivity contribution in [2.75, 3.05) is 5.73 Å². The summed E-state index contributed by atoms with van der Waals surface area (Å²) in [5.41, 5.74) is 9.80. The van der Waals surface area contributed by atoms with Gasteiger partial charge in [-0.1, -0.05) is 11.6 Å². The normalized spacial score (nSPS) is 11.0. The number of benzene rings is 1. The largest absolute Gasteiger partial charge is 0.399 e. The Hall–Kier alpha value is -2.07. The van der Waals surface area contributed by atoms with Crippen LogP contribution in [0.1, 0.15) is 5.56 Å². The van der Waals surface area contributed by atoms with Crippen molar-refractivity contribution < 1.29 is 0 Å². The van der Waals surface area contributed by atoms with E-state index in [0.29, 0.717) is 22.2 Å².